The van der Waals surface area contributed by atoms with E-state index in [9.17, 15) is 24.0 Å². The highest BCUT2D eigenvalue weighted by Crippen LogP contribution is 2.41. The molecule has 1 spiro atoms. The lowest BCUT2D eigenvalue weighted by molar-refractivity contribution is 0.0893. The first-order valence-electron chi connectivity index (χ1n) is 21.3. The van der Waals surface area contributed by atoms with Gasteiger partial charge in [-0.1, -0.05) is 47.5 Å². The Morgan fingerprint density at radius 2 is 1.18 bits per heavy atom. The first-order chi connectivity index (χ1) is 32.4. The predicted molar refractivity (Wildman–Crippen MR) is 254 cm³/mol. The molecule has 8 rings (SSSR count). The van der Waals surface area contributed by atoms with E-state index in [1.807, 2.05) is 6.07 Å². The summed E-state index contributed by atoms with van der Waals surface area (Å²) in [7, 11) is 0.756. The highest BCUT2D eigenvalue weighted by molar-refractivity contribution is 7.84. The summed E-state index contributed by atoms with van der Waals surface area (Å²) in [6.45, 7) is 4.85. The molecule has 2 saturated heterocycles. The van der Waals surface area contributed by atoms with Crippen LogP contribution in [0.4, 0.5) is 17.6 Å². The van der Waals surface area contributed by atoms with Gasteiger partial charge in [0.25, 0.3) is 11.8 Å². The molecule has 6 N–H and O–H groups in total. The molecule has 350 valence electrons. The summed E-state index contributed by atoms with van der Waals surface area (Å²) in [6.07, 6.45) is 13.2. The van der Waals surface area contributed by atoms with Crippen LogP contribution >= 0.6 is 23.2 Å². The highest BCUT2D eigenvalue weighted by atomic mass is 35.5. The molecule has 0 aliphatic carbocycles. The van der Waals surface area contributed by atoms with Crippen LogP contribution in [0.25, 0.3) is 0 Å². The van der Waals surface area contributed by atoms with Gasteiger partial charge in [-0.15, -0.1) is 0 Å². The first kappa shape index (κ1) is 48.6. The van der Waals surface area contributed by atoms with Gasteiger partial charge in [-0.3, -0.25) is 13.8 Å². The first-order valence-corrected chi connectivity index (χ1v) is 23.6. The van der Waals surface area contributed by atoms with Crippen molar-refractivity contribution in [2.45, 2.75) is 57.4 Å². The molecule has 19 nitrogen and oxygen atoms in total. The zero-order chi connectivity index (χ0) is 47.3. The van der Waals surface area contributed by atoms with E-state index in [-0.39, 0.29) is 48.7 Å². The number of nitrogens with one attached hydrogen (secondary N) is 4. The van der Waals surface area contributed by atoms with Crippen molar-refractivity contribution < 1.29 is 24.0 Å². The maximum Gasteiger partial charge on any atom is 0.256 e. The third kappa shape index (κ3) is 13.0. The van der Waals surface area contributed by atoms with Crippen molar-refractivity contribution in [2.24, 2.45) is 5.41 Å². The normalized spacial score (nSPS) is 14.6. The fourth-order valence-corrected chi connectivity index (χ4v) is 8.27. The maximum atomic E-state index is 13.1. The van der Waals surface area contributed by atoms with E-state index >= 15 is 0 Å². The largest absolute Gasteiger partial charge is 0.392 e. The van der Waals surface area contributed by atoms with Gasteiger partial charge < -0.3 is 41.3 Å². The van der Waals surface area contributed by atoms with Crippen LogP contribution in [0.3, 0.4) is 0 Å². The number of nitrogens with zero attached hydrogens (tertiary/aromatic N) is 10. The fourth-order valence-electron chi connectivity index (χ4n) is 7.33. The van der Waals surface area contributed by atoms with Gasteiger partial charge in [-0.2, -0.15) is 4.98 Å². The van der Waals surface area contributed by atoms with Crippen molar-refractivity contribution in [3.8, 4) is 0 Å². The zero-order valence-electron chi connectivity index (χ0n) is 36.8. The number of likely N-dealkylation sites (tertiary alicyclic amines) is 1. The molecule has 4 aromatic heterocycles. The van der Waals surface area contributed by atoms with Crippen molar-refractivity contribution in [1.82, 2.24) is 55.4 Å². The van der Waals surface area contributed by atoms with Crippen LogP contribution in [0.1, 0.15) is 67.5 Å². The quantitative estimate of drug-likeness (QED) is 0.0745. The number of aliphatic hydroxyl groups excluding tert-OH is 2. The van der Waals surface area contributed by atoms with Crippen LogP contribution < -0.4 is 26.2 Å². The molecule has 6 heterocycles. The summed E-state index contributed by atoms with van der Waals surface area (Å²) in [4.78, 5) is 64.3. The minimum absolute atomic E-state index is 0.106. The van der Waals surface area contributed by atoms with Crippen LogP contribution in [0.5, 0.6) is 0 Å². The molecule has 2 aliphatic rings. The predicted octanol–water partition coefficient (Wildman–Crippen LogP) is 4.18. The summed E-state index contributed by atoms with van der Waals surface area (Å²) < 4.78 is 11.8. The van der Waals surface area contributed by atoms with E-state index in [1.165, 1.54) is 25.3 Å². The second kappa shape index (κ2) is 22.9. The lowest BCUT2D eigenvalue weighted by atomic mass is 9.72. The topological polar surface area (TPSA) is 249 Å². The highest BCUT2D eigenvalue weighted by Gasteiger charge is 2.45. The fraction of sp³-hybridized carbons (Fsp3) is 0.333. The second-order valence-corrected chi connectivity index (χ2v) is 18.1. The number of hydrogen-bond acceptors (Lipinski definition) is 17. The number of halogens is 2. The van der Waals surface area contributed by atoms with Crippen molar-refractivity contribution in [2.75, 3.05) is 55.0 Å². The number of aliphatic hydroxyl groups is 2. The van der Waals surface area contributed by atoms with Crippen molar-refractivity contribution in [1.29, 1.82) is 0 Å². The number of carbonyl (C=O) groups is 2. The van der Waals surface area contributed by atoms with Gasteiger partial charge in [0.05, 0.1) is 37.1 Å². The van der Waals surface area contributed by atoms with E-state index < -0.39 is 16.7 Å². The Labute approximate surface area is 399 Å². The number of anilines is 3. The Hall–Kier alpha value is -6.29. The van der Waals surface area contributed by atoms with Crippen LogP contribution in [0, 0.1) is 5.41 Å². The molecule has 2 aromatic carbocycles. The van der Waals surface area contributed by atoms with Crippen LogP contribution in [-0.2, 0) is 50.2 Å². The van der Waals surface area contributed by atoms with Gasteiger partial charge in [-0.05, 0) is 79.5 Å². The van der Waals surface area contributed by atoms with Crippen molar-refractivity contribution >= 4 is 63.4 Å². The molecular formula is C45H50Cl2N14O5S. The third-order valence-corrected chi connectivity index (χ3v) is 12.6. The number of hydrogen-bond donors (Lipinski definition) is 6. The molecule has 1 atom stereocenters. The second-order valence-electron chi connectivity index (χ2n) is 16.0. The monoisotopic (exact) mass is 968 g/mol. The number of piperidine rings is 1. The Balaban J connectivity index is 0.000000204. The average molecular weight is 970 g/mol. The van der Waals surface area contributed by atoms with Gasteiger partial charge in [0, 0.05) is 85.1 Å². The standard InChI is InChI=1S/C26H31ClN8O2.C19H19ClN6O3S/c1-34-9-5-26(6-10-34)16-35(17-26)25-32-13-20(24(37)31-14-22-28-7-2-8-29-22)23(33-25)30-12-18-3-4-19(15-36)21(27)11-18;1-30(29)19-25-9-14(18(28)24-10-16-21-5-2-6-22-16)17(26-19)23-8-12-3-4-13(11-27)15(20)7-12/h2-4,7-8,11,13,36H,5-6,9-10,12,14-17H2,1H3,(H,31,37)(H,30,32,33);2-7,9,27H,8,10-11H2,1H3,(H,24,28)(H,23,25,26). The Bertz CT molecular complexity index is 2680. The molecule has 67 heavy (non-hydrogen) atoms. The smallest absolute Gasteiger partial charge is 0.256 e. The summed E-state index contributed by atoms with van der Waals surface area (Å²) in [5.74, 6) is 1.55. The van der Waals surface area contributed by atoms with Gasteiger partial charge >= 0.3 is 0 Å². The van der Waals surface area contributed by atoms with E-state index in [0.29, 0.717) is 68.7 Å². The number of rotatable bonds is 16. The molecule has 1 unspecified atom stereocenters. The van der Waals surface area contributed by atoms with Gasteiger partial charge in [-0.25, -0.2) is 34.9 Å². The molecule has 2 amide bonds. The van der Waals surface area contributed by atoms with E-state index in [4.69, 9.17) is 28.2 Å². The minimum atomic E-state index is -1.41. The van der Waals surface area contributed by atoms with E-state index in [0.717, 1.165) is 37.3 Å². The summed E-state index contributed by atoms with van der Waals surface area (Å²) in [5.41, 5.74) is 3.87. The van der Waals surface area contributed by atoms with Crippen molar-refractivity contribution in [3.63, 3.8) is 0 Å². The Morgan fingerprint density at radius 3 is 1.64 bits per heavy atom. The van der Waals surface area contributed by atoms with Gasteiger partial charge in [0.15, 0.2) is 0 Å². The lowest BCUT2D eigenvalue weighted by Crippen LogP contribution is -2.60. The number of benzene rings is 2. The summed E-state index contributed by atoms with van der Waals surface area (Å²) in [5, 5.41) is 31.6. The maximum absolute atomic E-state index is 13.1. The van der Waals surface area contributed by atoms with Crippen molar-refractivity contribution in [3.05, 3.63) is 141 Å². The van der Waals surface area contributed by atoms with Crippen LogP contribution in [0.2, 0.25) is 10.0 Å². The molecular weight excluding hydrogens is 920 g/mol. The average Bonchev–Trinajstić information content (AvgIpc) is 3.34. The zero-order valence-corrected chi connectivity index (χ0v) is 39.2. The Kier molecular flexibility index (Phi) is 16.7. The summed E-state index contributed by atoms with van der Waals surface area (Å²) in [6, 6.07) is 14.1. The number of aromatic nitrogens is 8. The molecule has 2 fully saturated rings. The lowest BCUT2D eigenvalue weighted by Gasteiger charge is -2.53. The molecule has 2 aliphatic heterocycles. The van der Waals surface area contributed by atoms with Gasteiger partial charge in [0.2, 0.25) is 11.1 Å². The third-order valence-electron chi connectivity index (χ3n) is 11.2. The van der Waals surface area contributed by atoms with Crippen LogP contribution in [-0.4, -0.2) is 110 Å². The van der Waals surface area contributed by atoms with E-state index in [2.05, 4.69) is 73.0 Å². The SMILES string of the molecule is CN1CCC2(CC1)CN(c1ncc(C(=O)NCc3ncccn3)c(NCc3ccc(CO)c(Cl)c3)n1)C2.CS(=O)c1ncc(C(=O)NCc2ncccn2)c(NCc2ccc(CO)c(Cl)c2)n1. The van der Waals surface area contributed by atoms with Gasteiger partial charge in [0.1, 0.15) is 34.4 Å². The molecule has 0 radical (unpaired) electrons. The Morgan fingerprint density at radius 1 is 0.701 bits per heavy atom. The number of carbonyl (C=O) groups excluding carboxylic acids is 2. The minimum Gasteiger partial charge on any atom is -0.392 e. The molecule has 6 aromatic rings. The molecule has 0 saturated carbocycles. The molecule has 22 heteroatoms. The van der Waals surface area contributed by atoms with E-state index in [1.54, 1.807) is 73.4 Å². The summed E-state index contributed by atoms with van der Waals surface area (Å²) >= 11 is 12.4. The van der Waals surface area contributed by atoms with Crippen LogP contribution in [0.15, 0.2) is 90.9 Å². The molecule has 0 bridgehead atoms. The number of amides is 2.